The number of aliphatic carboxylic acids is 1. The van der Waals surface area contributed by atoms with E-state index in [2.05, 4.69) is 9.72 Å². The lowest BCUT2D eigenvalue weighted by Gasteiger charge is -2.06. The molecule has 6 heteroatoms. The second-order valence-corrected chi connectivity index (χ2v) is 2.42. The molecule has 0 amide bonds. The van der Waals surface area contributed by atoms with Gasteiger partial charge in [-0.15, -0.1) is 0 Å². The Balaban J connectivity index is 3.15. The van der Waals surface area contributed by atoms with E-state index in [9.17, 15) is 13.6 Å². The normalized spacial score (nSPS) is 12.2. The van der Waals surface area contributed by atoms with Crippen molar-refractivity contribution in [2.75, 3.05) is 7.11 Å². The number of aromatic nitrogens is 1. The summed E-state index contributed by atoms with van der Waals surface area (Å²) in [6, 6.07) is 0.955. The number of nitrogens with zero attached hydrogens (tertiary/aromatic N) is 1. The van der Waals surface area contributed by atoms with Gasteiger partial charge in [0.25, 0.3) is 5.88 Å². The predicted molar refractivity (Wildman–Crippen MR) is 42.2 cm³/mol. The average Bonchev–Trinajstić information content (AvgIpc) is 2.17. The van der Waals surface area contributed by atoms with Crippen molar-refractivity contribution in [3.8, 4) is 5.88 Å². The fourth-order valence-electron chi connectivity index (χ4n) is 0.910. The van der Waals surface area contributed by atoms with Crippen molar-refractivity contribution < 1.29 is 23.4 Å². The number of carboxylic acids is 1. The molecule has 0 spiro atoms. The van der Waals surface area contributed by atoms with Crippen LogP contribution in [0.25, 0.3) is 0 Å². The van der Waals surface area contributed by atoms with Gasteiger partial charge in [0.2, 0.25) is 6.17 Å². The molecule has 1 aromatic rings. The lowest BCUT2D eigenvalue weighted by atomic mass is 10.1. The maximum absolute atomic E-state index is 13.2. The van der Waals surface area contributed by atoms with E-state index in [1.165, 1.54) is 0 Å². The van der Waals surface area contributed by atoms with Gasteiger partial charge < -0.3 is 9.84 Å². The molecule has 0 fully saturated rings. The van der Waals surface area contributed by atoms with Crippen LogP contribution in [0.2, 0.25) is 0 Å². The van der Waals surface area contributed by atoms with Gasteiger partial charge in [-0.05, 0) is 6.07 Å². The first-order valence-corrected chi connectivity index (χ1v) is 3.63. The van der Waals surface area contributed by atoms with Gasteiger partial charge in [0, 0.05) is 11.8 Å². The Hall–Kier alpha value is -1.72. The zero-order valence-electron chi connectivity index (χ0n) is 7.20. The van der Waals surface area contributed by atoms with Gasteiger partial charge in [-0.1, -0.05) is 0 Å². The number of alkyl halides is 1. The number of hydrogen-bond acceptors (Lipinski definition) is 3. The summed E-state index contributed by atoms with van der Waals surface area (Å²) in [5.41, 5.74) is -0.593. The number of halogens is 2. The highest BCUT2D eigenvalue weighted by atomic mass is 19.1. The Morgan fingerprint density at radius 3 is 2.86 bits per heavy atom. The Labute approximate surface area is 78.1 Å². The van der Waals surface area contributed by atoms with E-state index in [0.29, 0.717) is 0 Å². The zero-order chi connectivity index (χ0) is 10.7. The lowest BCUT2D eigenvalue weighted by Crippen LogP contribution is -2.09. The van der Waals surface area contributed by atoms with Gasteiger partial charge in [0.15, 0.2) is 5.82 Å². The summed E-state index contributed by atoms with van der Waals surface area (Å²) in [5, 5.41) is 8.32. The van der Waals surface area contributed by atoms with Crippen LogP contribution in [0.1, 0.15) is 11.7 Å². The minimum absolute atomic E-state index is 0.425. The van der Waals surface area contributed by atoms with Crippen molar-refractivity contribution in [3.05, 3.63) is 23.6 Å². The van der Waals surface area contributed by atoms with Crippen molar-refractivity contribution in [1.82, 2.24) is 4.98 Å². The van der Waals surface area contributed by atoms with Crippen LogP contribution in [0.4, 0.5) is 8.78 Å². The molecule has 1 aromatic heterocycles. The number of ether oxygens (including phenoxy) is 1. The van der Waals surface area contributed by atoms with E-state index in [-0.39, 0.29) is 0 Å². The van der Waals surface area contributed by atoms with Crippen LogP contribution in [-0.2, 0) is 4.79 Å². The van der Waals surface area contributed by atoms with Gasteiger partial charge >= 0.3 is 5.97 Å². The van der Waals surface area contributed by atoms with Crippen LogP contribution in [0.15, 0.2) is 12.3 Å². The standard InChI is InChI=1S/C8H7F2NO3/c1-14-7-5(9)4(2-3-11-7)6(10)8(12)13/h2-3,6H,1H3,(H,12,13). The largest absolute Gasteiger partial charge is 0.479 e. The monoisotopic (exact) mass is 203 g/mol. The Morgan fingerprint density at radius 1 is 1.71 bits per heavy atom. The summed E-state index contributed by atoms with van der Waals surface area (Å²) in [7, 11) is 1.16. The fraction of sp³-hybridized carbons (Fsp3) is 0.250. The molecule has 0 aromatic carbocycles. The average molecular weight is 203 g/mol. The molecule has 4 nitrogen and oxygen atoms in total. The van der Waals surface area contributed by atoms with Crippen LogP contribution in [0.5, 0.6) is 5.88 Å². The second-order valence-electron chi connectivity index (χ2n) is 2.42. The minimum atomic E-state index is -2.41. The van der Waals surface area contributed by atoms with Gasteiger partial charge in [0.05, 0.1) is 7.11 Å². The summed E-state index contributed by atoms with van der Waals surface area (Å²) < 4.78 is 30.6. The molecular weight excluding hydrogens is 196 g/mol. The summed E-state index contributed by atoms with van der Waals surface area (Å²) in [4.78, 5) is 13.7. The van der Waals surface area contributed by atoms with Crippen molar-refractivity contribution in [1.29, 1.82) is 0 Å². The zero-order valence-corrected chi connectivity index (χ0v) is 7.20. The van der Waals surface area contributed by atoms with E-state index in [4.69, 9.17) is 5.11 Å². The van der Waals surface area contributed by atoms with Crippen LogP contribution in [0.3, 0.4) is 0 Å². The smallest absolute Gasteiger partial charge is 0.343 e. The number of pyridine rings is 1. The highest BCUT2D eigenvalue weighted by Gasteiger charge is 2.24. The molecule has 1 rings (SSSR count). The molecule has 14 heavy (non-hydrogen) atoms. The van der Waals surface area contributed by atoms with Gasteiger partial charge in [0.1, 0.15) is 0 Å². The molecule has 0 radical (unpaired) electrons. The topological polar surface area (TPSA) is 59.4 Å². The summed E-state index contributed by atoms with van der Waals surface area (Å²) in [6.45, 7) is 0. The molecule has 1 N–H and O–H groups in total. The first-order valence-electron chi connectivity index (χ1n) is 3.63. The maximum Gasteiger partial charge on any atom is 0.343 e. The molecule has 0 aliphatic heterocycles. The third kappa shape index (κ3) is 1.78. The van der Waals surface area contributed by atoms with Crippen molar-refractivity contribution in [2.24, 2.45) is 0 Å². The van der Waals surface area contributed by atoms with E-state index in [0.717, 1.165) is 19.4 Å². The summed E-state index contributed by atoms with van der Waals surface area (Å²) in [5.74, 6) is -3.27. The highest BCUT2D eigenvalue weighted by Crippen LogP contribution is 2.25. The molecule has 1 atom stereocenters. The maximum atomic E-state index is 13.2. The first-order chi connectivity index (χ1) is 6.57. The first kappa shape index (κ1) is 10.4. The third-order valence-corrected chi connectivity index (χ3v) is 1.57. The van der Waals surface area contributed by atoms with Crippen LogP contribution in [-0.4, -0.2) is 23.2 Å². The van der Waals surface area contributed by atoms with Gasteiger partial charge in [-0.2, -0.15) is 0 Å². The van der Waals surface area contributed by atoms with E-state index < -0.39 is 29.4 Å². The summed E-state index contributed by atoms with van der Waals surface area (Å²) >= 11 is 0. The second kappa shape index (κ2) is 3.99. The van der Waals surface area contributed by atoms with Gasteiger partial charge in [-0.25, -0.2) is 18.6 Å². The molecule has 1 heterocycles. The van der Waals surface area contributed by atoms with E-state index in [1.54, 1.807) is 0 Å². The Bertz CT molecular complexity index is 356. The molecule has 0 saturated heterocycles. The fourth-order valence-corrected chi connectivity index (χ4v) is 0.910. The SMILES string of the molecule is COc1nccc(C(F)C(=O)O)c1F. The van der Waals surface area contributed by atoms with Crippen LogP contribution < -0.4 is 4.74 Å². The number of carbonyl (C=O) groups is 1. The van der Waals surface area contributed by atoms with Crippen LogP contribution in [0, 0.1) is 5.82 Å². The number of methoxy groups -OCH3 is 1. The molecule has 0 aliphatic rings. The number of carboxylic acid groups (broad SMARTS) is 1. The van der Waals surface area contributed by atoms with E-state index in [1.807, 2.05) is 0 Å². The summed E-state index contributed by atoms with van der Waals surface area (Å²) in [6.07, 6.45) is -1.33. The lowest BCUT2D eigenvalue weighted by molar-refractivity contribution is -0.143. The highest BCUT2D eigenvalue weighted by molar-refractivity contribution is 5.74. The minimum Gasteiger partial charge on any atom is -0.479 e. The Morgan fingerprint density at radius 2 is 2.36 bits per heavy atom. The molecule has 1 unspecified atom stereocenters. The number of rotatable bonds is 3. The third-order valence-electron chi connectivity index (χ3n) is 1.57. The molecule has 0 aliphatic carbocycles. The predicted octanol–water partition coefficient (Wildman–Crippen LogP) is 1.32. The van der Waals surface area contributed by atoms with Crippen molar-refractivity contribution >= 4 is 5.97 Å². The molecule has 76 valence electrons. The molecular formula is C8H7F2NO3. The molecule has 0 saturated carbocycles. The number of hydrogen-bond donors (Lipinski definition) is 1. The van der Waals surface area contributed by atoms with Crippen molar-refractivity contribution in [2.45, 2.75) is 6.17 Å². The van der Waals surface area contributed by atoms with Crippen LogP contribution >= 0.6 is 0 Å². The quantitative estimate of drug-likeness (QED) is 0.804. The molecule has 0 bridgehead atoms. The van der Waals surface area contributed by atoms with E-state index >= 15 is 0 Å². The van der Waals surface area contributed by atoms with Gasteiger partial charge in [-0.3, -0.25) is 0 Å². The Kier molecular flexibility index (Phi) is 2.95. The van der Waals surface area contributed by atoms with Crippen molar-refractivity contribution in [3.63, 3.8) is 0 Å².